The second-order valence-electron chi connectivity index (χ2n) is 3.88. The van der Waals surface area contributed by atoms with Gasteiger partial charge in [-0.25, -0.2) is 4.79 Å². The molecule has 82 valence electrons. The third-order valence-electron chi connectivity index (χ3n) is 1.18. The summed E-state index contributed by atoms with van der Waals surface area (Å²) in [6.45, 7) is 9.67. The minimum absolute atomic E-state index is 0.190. The van der Waals surface area contributed by atoms with Gasteiger partial charge in [0.25, 0.3) is 0 Å². The lowest BCUT2D eigenvalue weighted by Crippen LogP contribution is -2.22. The van der Waals surface area contributed by atoms with Gasteiger partial charge in [0.1, 0.15) is 11.7 Å². The molecule has 0 aromatic rings. The average molecular weight is 202 g/mol. The fraction of sp³-hybridized carbons (Fsp3) is 0.700. The lowest BCUT2D eigenvalue weighted by atomic mass is 10.2. The number of carbonyl (C=O) groups excluding carboxylic acids is 1. The molecule has 1 aliphatic rings. The van der Waals surface area contributed by atoms with Gasteiger partial charge in [-0.15, -0.1) is 0 Å². The molecular weight excluding hydrogens is 184 g/mol. The molecule has 1 fully saturated rings. The molecule has 1 atom stereocenters. The summed E-state index contributed by atoms with van der Waals surface area (Å²) >= 11 is 0. The van der Waals surface area contributed by atoms with E-state index < -0.39 is 5.60 Å². The maximum Gasteiger partial charge on any atom is 0.330 e. The van der Waals surface area contributed by atoms with Crippen LogP contribution in [0.4, 0.5) is 0 Å². The first kappa shape index (κ1) is 13.1. The summed E-state index contributed by atoms with van der Waals surface area (Å²) in [5, 5.41) is 8.08. The number of esters is 1. The van der Waals surface area contributed by atoms with Gasteiger partial charge in [-0.05, 0) is 20.8 Å². The van der Waals surface area contributed by atoms with E-state index in [4.69, 9.17) is 9.84 Å². The fourth-order valence-electron chi connectivity index (χ4n) is 0.517. The van der Waals surface area contributed by atoms with Gasteiger partial charge in [0, 0.05) is 6.08 Å². The SMILES string of the molecule is C=CC(=O)OC(C)(C)C.OCC1CO1. The Morgan fingerprint density at radius 2 is 2.21 bits per heavy atom. The smallest absolute Gasteiger partial charge is 0.330 e. The van der Waals surface area contributed by atoms with Crippen LogP contribution < -0.4 is 0 Å². The Bertz CT molecular complexity index is 189. The van der Waals surface area contributed by atoms with Crippen LogP contribution in [0.2, 0.25) is 0 Å². The van der Waals surface area contributed by atoms with Gasteiger partial charge >= 0.3 is 5.97 Å². The van der Waals surface area contributed by atoms with Crippen LogP contribution in [-0.4, -0.2) is 36.0 Å². The zero-order valence-electron chi connectivity index (χ0n) is 8.95. The van der Waals surface area contributed by atoms with Crippen molar-refractivity contribution >= 4 is 5.97 Å². The standard InChI is InChI=1S/C7H12O2.C3H6O2/c1-5-6(8)9-7(2,3)4;4-1-3-2-5-3/h5H,1H2,2-4H3;3-4H,1-2H2. The highest BCUT2D eigenvalue weighted by Crippen LogP contribution is 2.06. The van der Waals surface area contributed by atoms with Crippen LogP contribution in [0.1, 0.15) is 20.8 Å². The number of epoxide rings is 1. The summed E-state index contributed by atoms with van der Waals surface area (Å²) in [6.07, 6.45) is 1.35. The fourth-order valence-corrected chi connectivity index (χ4v) is 0.517. The van der Waals surface area contributed by atoms with E-state index in [1.54, 1.807) is 0 Å². The van der Waals surface area contributed by atoms with E-state index in [1.807, 2.05) is 20.8 Å². The monoisotopic (exact) mass is 202 g/mol. The van der Waals surface area contributed by atoms with Crippen LogP contribution in [0.5, 0.6) is 0 Å². The lowest BCUT2D eigenvalue weighted by Gasteiger charge is -2.17. The van der Waals surface area contributed by atoms with E-state index in [0.717, 1.165) is 12.7 Å². The zero-order valence-corrected chi connectivity index (χ0v) is 8.95. The van der Waals surface area contributed by atoms with Crippen LogP contribution in [0.3, 0.4) is 0 Å². The molecule has 0 bridgehead atoms. The highest BCUT2D eigenvalue weighted by Gasteiger charge is 2.19. The molecule has 1 aliphatic heterocycles. The predicted octanol–water partition coefficient (Wildman–Crippen LogP) is 0.892. The van der Waals surface area contributed by atoms with E-state index in [2.05, 4.69) is 11.3 Å². The second-order valence-corrected chi connectivity index (χ2v) is 3.88. The molecule has 14 heavy (non-hydrogen) atoms. The van der Waals surface area contributed by atoms with Crippen molar-refractivity contribution in [3.05, 3.63) is 12.7 Å². The molecule has 0 radical (unpaired) electrons. The topological polar surface area (TPSA) is 59.1 Å². The molecule has 1 heterocycles. The highest BCUT2D eigenvalue weighted by atomic mass is 16.6. The first-order chi connectivity index (χ1) is 6.39. The van der Waals surface area contributed by atoms with E-state index >= 15 is 0 Å². The summed E-state index contributed by atoms with van der Waals surface area (Å²) < 4.78 is 9.44. The number of aliphatic hydroxyl groups is 1. The van der Waals surface area contributed by atoms with Gasteiger partial charge in [-0.1, -0.05) is 6.58 Å². The number of carbonyl (C=O) groups is 1. The van der Waals surface area contributed by atoms with Gasteiger partial charge in [0.2, 0.25) is 0 Å². The van der Waals surface area contributed by atoms with Crippen molar-refractivity contribution in [3.63, 3.8) is 0 Å². The van der Waals surface area contributed by atoms with Gasteiger partial charge in [-0.2, -0.15) is 0 Å². The van der Waals surface area contributed by atoms with E-state index in [0.29, 0.717) is 0 Å². The second kappa shape index (κ2) is 5.78. The van der Waals surface area contributed by atoms with E-state index in [-0.39, 0.29) is 18.7 Å². The molecule has 0 amide bonds. The Labute approximate surface area is 84.5 Å². The van der Waals surface area contributed by atoms with Crippen LogP contribution >= 0.6 is 0 Å². The van der Waals surface area contributed by atoms with Crippen LogP contribution in [0.25, 0.3) is 0 Å². The molecule has 1 saturated heterocycles. The molecule has 0 aromatic carbocycles. The van der Waals surface area contributed by atoms with Crippen molar-refractivity contribution in [1.82, 2.24) is 0 Å². The van der Waals surface area contributed by atoms with Gasteiger partial charge < -0.3 is 14.6 Å². The Kier molecular flexibility index (Phi) is 5.42. The molecule has 0 aromatic heterocycles. The molecule has 1 rings (SSSR count). The molecule has 1 unspecified atom stereocenters. The van der Waals surface area contributed by atoms with Crippen molar-refractivity contribution < 1.29 is 19.4 Å². The largest absolute Gasteiger partial charge is 0.457 e. The minimum atomic E-state index is -0.398. The third-order valence-corrected chi connectivity index (χ3v) is 1.18. The number of hydrogen-bond acceptors (Lipinski definition) is 4. The quantitative estimate of drug-likeness (QED) is 0.410. The number of aliphatic hydroxyl groups excluding tert-OH is 1. The Hall–Kier alpha value is -0.870. The maximum atomic E-state index is 10.5. The van der Waals surface area contributed by atoms with Crippen LogP contribution in [0.15, 0.2) is 12.7 Å². The molecule has 4 heteroatoms. The van der Waals surface area contributed by atoms with Gasteiger partial charge in [-0.3, -0.25) is 0 Å². The van der Waals surface area contributed by atoms with Crippen LogP contribution in [-0.2, 0) is 14.3 Å². The zero-order chi connectivity index (χ0) is 11.2. The van der Waals surface area contributed by atoms with E-state index in [9.17, 15) is 4.79 Å². The Morgan fingerprint density at radius 1 is 1.71 bits per heavy atom. The number of rotatable bonds is 2. The molecule has 1 N–H and O–H groups in total. The summed E-state index contributed by atoms with van der Waals surface area (Å²) in [6, 6.07) is 0. The van der Waals surface area contributed by atoms with Crippen molar-refractivity contribution in [1.29, 1.82) is 0 Å². The first-order valence-electron chi connectivity index (χ1n) is 4.47. The van der Waals surface area contributed by atoms with Gasteiger partial charge in [0.15, 0.2) is 0 Å². The molecule has 0 aliphatic carbocycles. The minimum Gasteiger partial charge on any atom is -0.457 e. The third kappa shape index (κ3) is 9.22. The molecule has 0 saturated carbocycles. The van der Waals surface area contributed by atoms with Crippen molar-refractivity contribution in [2.75, 3.05) is 13.2 Å². The summed E-state index contributed by atoms with van der Waals surface area (Å²) in [5.41, 5.74) is -0.398. The van der Waals surface area contributed by atoms with Crippen molar-refractivity contribution in [2.45, 2.75) is 32.5 Å². The lowest BCUT2D eigenvalue weighted by molar-refractivity contribution is -0.148. The maximum absolute atomic E-state index is 10.5. The number of ether oxygens (including phenoxy) is 2. The Morgan fingerprint density at radius 3 is 2.29 bits per heavy atom. The van der Waals surface area contributed by atoms with Gasteiger partial charge in [0.05, 0.1) is 13.2 Å². The first-order valence-corrected chi connectivity index (χ1v) is 4.47. The summed E-state index contributed by atoms with van der Waals surface area (Å²) in [4.78, 5) is 10.5. The highest BCUT2D eigenvalue weighted by molar-refractivity contribution is 5.81. The molecule has 0 spiro atoms. The average Bonchev–Trinajstić information content (AvgIpc) is 2.84. The molecule has 4 nitrogen and oxygen atoms in total. The Balaban J connectivity index is 0.000000280. The predicted molar refractivity (Wildman–Crippen MR) is 52.9 cm³/mol. The summed E-state index contributed by atoms with van der Waals surface area (Å²) in [5.74, 6) is -0.373. The van der Waals surface area contributed by atoms with E-state index in [1.165, 1.54) is 0 Å². The molecular formula is C10H18O4. The summed E-state index contributed by atoms with van der Waals surface area (Å²) in [7, 11) is 0. The van der Waals surface area contributed by atoms with Crippen molar-refractivity contribution in [2.24, 2.45) is 0 Å². The van der Waals surface area contributed by atoms with Crippen molar-refractivity contribution in [3.8, 4) is 0 Å². The normalized spacial score (nSPS) is 19.0. The number of hydrogen-bond donors (Lipinski definition) is 1. The van der Waals surface area contributed by atoms with Crippen LogP contribution in [0, 0.1) is 0 Å².